The van der Waals surface area contributed by atoms with E-state index in [0.29, 0.717) is 12.6 Å². The Balaban J connectivity index is 2.38. The van der Waals surface area contributed by atoms with Gasteiger partial charge >= 0.3 is 0 Å². The van der Waals surface area contributed by atoms with Crippen LogP contribution in [0.25, 0.3) is 0 Å². The third kappa shape index (κ3) is 1.12. The summed E-state index contributed by atoms with van der Waals surface area (Å²) in [6.45, 7) is 5.66. The van der Waals surface area contributed by atoms with Crippen LogP contribution in [0.5, 0.6) is 0 Å². The van der Waals surface area contributed by atoms with Crippen LogP contribution >= 0.6 is 0 Å². The van der Waals surface area contributed by atoms with Gasteiger partial charge in [-0.2, -0.15) is 0 Å². The van der Waals surface area contributed by atoms with Crippen molar-refractivity contribution in [2.24, 2.45) is 0 Å². The summed E-state index contributed by atoms with van der Waals surface area (Å²) in [5, 5.41) is 8.15. The Morgan fingerprint density at radius 2 is 2.33 bits per heavy atom. The molecule has 2 rings (SSSR count). The molecule has 0 aromatic carbocycles. The Morgan fingerprint density at radius 1 is 1.50 bits per heavy atom. The maximum Gasteiger partial charge on any atom is 0.112 e. The van der Waals surface area contributed by atoms with Gasteiger partial charge in [0.2, 0.25) is 0 Å². The lowest BCUT2D eigenvalue weighted by atomic mass is 10.2. The third-order valence-electron chi connectivity index (χ3n) is 2.08. The predicted molar refractivity (Wildman–Crippen MR) is 43.8 cm³/mol. The lowest BCUT2D eigenvalue weighted by Gasteiger charge is -2.14. The van der Waals surface area contributed by atoms with Crippen molar-refractivity contribution in [1.29, 1.82) is 0 Å². The second-order valence-corrected chi connectivity index (χ2v) is 3.32. The molecule has 0 bridgehead atoms. The molecule has 0 aliphatic carbocycles. The minimum absolute atomic E-state index is 0.402. The van der Waals surface area contributed by atoms with E-state index in [1.807, 2.05) is 4.68 Å². The topological polar surface area (TPSA) is 39.9 Å². The first kappa shape index (κ1) is 7.73. The number of nitrogens with zero attached hydrogens (tertiary/aromatic N) is 3. The van der Waals surface area contributed by atoms with Crippen LogP contribution in [0.1, 0.15) is 31.3 Å². The average molecular weight is 167 g/mol. The highest BCUT2D eigenvalue weighted by atomic mass is 16.5. The second-order valence-electron chi connectivity index (χ2n) is 3.32. The molecule has 0 saturated carbocycles. The van der Waals surface area contributed by atoms with E-state index in [1.165, 1.54) is 5.69 Å². The number of hydrogen-bond acceptors (Lipinski definition) is 3. The largest absolute Gasteiger partial charge is 0.375 e. The molecule has 0 unspecified atom stereocenters. The lowest BCUT2D eigenvalue weighted by Crippen LogP contribution is -2.15. The molecule has 0 atom stereocenters. The standard InChI is InChI=1S/C8H13N3O/c1-6(2)11-8-3-4-12-5-7(8)9-10-11/h6H,3-5H2,1-2H3. The van der Waals surface area contributed by atoms with Crippen molar-refractivity contribution in [3.8, 4) is 0 Å². The Kier molecular flexibility index (Phi) is 1.84. The van der Waals surface area contributed by atoms with Crippen molar-refractivity contribution in [2.75, 3.05) is 6.61 Å². The first-order chi connectivity index (χ1) is 5.79. The zero-order valence-corrected chi connectivity index (χ0v) is 7.45. The van der Waals surface area contributed by atoms with Gasteiger partial charge in [0.05, 0.1) is 18.9 Å². The molecular formula is C8H13N3O. The number of hydrogen-bond donors (Lipinski definition) is 0. The van der Waals surface area contributed by atoms with Gasteiger partial charge in [0.25, 0.3) is 0 Å². The fourth-order valence-corrected chi connectivity index (χ4v) is 1.47. The molecule has 0 radical (unpaired) electrons. The van der Waals surface area contributed by atoms with E-state index in [1.54, 1.807) is 0 Å². The highest BCUT2D eigenvalue weighted by Gasteiger charge is 2.17. The Labute approximate surface area is 71.5 Å². The van der Waals surface area contributed by atoms with Crippen molar-refractivity contribution in [1.82, 2.24) is 15.0 Å². The van der Waals surface area contributed by atoms with Crippen LogP contribution < -0.4 is 0 Å². The zero-order valence-electron chi connectivity index (χ0n) is 7.45. The summed E-state index contributed by atoms with van der Waals surface area (Å²) in [7, 11) is 0. The number of fused-ring (bicyclic) bond motifs is 1. The molecule has 4 nitrogen and oxygen atoms in total. The Hall–Kier alpha value is -0.900. The molecule has 1 aliphatic rings. The predicted octanol–water partition coefficient (Wildman–Crippen LogP) is 0.932. The van der Waals surface area contributed by atoms with Crippen molar-refractivity contribution < 1.29 is 4.74 Å². The van der Waals surface area contributed by atoms with Crippen LogP contribution in [0.4, 0.5) is 0 Å². The van der Waals surface area contributed by atoms with Crippen LogP contribution in [0.3, 0.4) is 0 Å². The van der Waals surface area contributed by atoms with Crippen molar-refractivity contribution in [3.05, 3.63) is 11.4 Å². The average Bonchev–Trinajstić information content (AvgIpc) is 2.47. The molecule has 66 valence electrons. The summed E-state index contributed by atoms with van der Waals surface area (Å²) in [6.07, 6.45) is 0.945. The minimum atomic E-state index is 0.402. The molecule has 1 aromatic rings. The molecule has 0 N–H and O–H groups in total. The SMILES string of the molecule is CC(C)n1nnc2c1CCOC2. The Bertz CT molecular complexity index is 280. The van der Waals surface area contributed by atoms with Gasteiger partial charge in [0.15, 0.2) is 0 Å². The normalized spacial score (nSPS) is 16.6. The van der Waals surface area contributed by atoms with Crippen molar-refractivity contribution in [3.63, 3.8) is 0 Å². The summed E-state index contributed by atoms with van der Waals surface area (Å²) in [5.74, 6) is 0. The molecule has 1 aliphatic heterocycles. The highest BCUT2D eigenvalue weighted by molar-refractivity contribution is 5.11. The van der Waals surface area contributed by atoms with E-state index < -0.39 is 0 Å². The van der Waals surface area contributed by atoms with E-state index in [0.717, 1.165) is 18.7 Å². The van der Waals surface area contributed by atoms with Gasteiger partial charge in [-0.15, -0.1) is 5.10 Å². The van der Waals surface area contributed by atoms with Crippen LogP contribution in [0.15, 0.2) is 0 Å². The molecule has 0 fully saturated rings. The number of rotatable bonds is 1. The monoisotopic (exact) mass is 167 g/mol. The second kappa shape index (κ2) is 2.86. The number of aromatic nitrogens is 3. The van der Waals surface area contributed by atoms with Gasteiger partial charge in [-0.3, -0.25) is 0 Å². The van der Waals surface area contributed by atoms with E-state index in [-0.39, 0.29) is 0 Å². The van der Waals surface area contributed by atoms with E-state index in [4.69, 9.17) is 4.74 Å². The van der Waals surface area contributed by atoms with Gasteiger partial charge in [0.1, 0.15) is 5.69 Å². The molecule has 4 heteroatoms. The molecule has 0 saturated heterocycles. The molecule has 0 amide bonds. The van der Waals surface area contributed by atoms with Crippen molar-refractivity contribution >= 4 is 0 Å². The molecule has 2 heterocycles. The lowest BCUT2D eigenvalue weighted by molar-refractivity contribution is 0.106. The fourth-order valence-electron chi connectivity index (χ4n) is 1.47. The summed E-state index contributed by atoms with van der Waals surface area (Å²) in [4.78, 5) is 0. The van der Waals surface area contributed by atoms with Crippen LogP contribution in [-0.4, -0.2) is 21.6 Å². The first-order valence-corrected chi connectivity index (χ1v) is 4.29. The number of ether oxygens (including phenoxy) is 1. The van der Waals surface area contributed by atoms with Gasteiger partial charge in [-0.05, 0) is 13.8 Å². The summed E-state index contributed by atoms with van der Waals surface area (Å²) in [6, 6.07) is 0.402. The maximum absolute atomic E-state index is 5.27. The van der Waals surface area contributed by atoms with Gasteiger partial charge in [0, 0.05) is 12.5 Å². The highest BCUT2D eigenvalue weighted by Crippen LogP contribution is 2.16. The maximum atomic E-state index is 5.27. The van der Waals surface area contributed by atoms with Gasteiger partial charge in [-0.1, -0.05) is 5.21 Å². The molecule has 1 aromatic heterocycles. The molecular weight excluding hydrogens is 154 g/mol. The van der Waals surface area contributed by atoms with Crippen LogP contribution in [0, 0.1) is 0 Å². The first-order valence-electron chi connectivity index (χ1n) is 4.29. The van der Waals surface area contributed by atoms with E-state index >= 15 is 0 Å². The Morgan fingerprint density at radius 3 is 3.08 bits per heavy atom. The third-order valence-corrected chi connectivity index (χ3v) is 2.08. The van der Waals surface area contributed by atoms with Crippen molar-refractivity contribution in [2.45, 2.75) is 32.9 Å². The minimum Gasteiger partial charge on any atom is -0.375 e. The zero-order chi connectivity index (χ0) is 8.55. The molecule has 12 heavy (non-hydrogen) atoms. The summed E-state index contributed by atoms with van der Waals surface area (Å²) >= 11 is 0. The quantitative estimate of drug-likeness (QED) is 0.624. The fraction of sp³-hybridized carbons (Fsp3) is 0.750. The molecule has 0 spiro atoms. The van der Waals surface area contributed by atoms with Gasteiger partial charge < -0.3 is 4.74 Å². The van der Waals surface area contributed by atoms with E-state index in [2.05, 4.69) is 24.2 Å². The summed E-state index contributed by atoms with van der Waals surface area (Å²) in [5.41, 5.74) is 2.26. The summed E-state index contributed by atoms with van der Waals surface area (Å²) < 4.78 is 7.26. The van der Waals surface area contributed by atoms with Crippen LogP contribution in [0.2, 0.25) is 0 Å². The van der Waals surface area contributed by atoms with Gasteiger partial charge in [-0.25, -0.2) is 4.68 Å². The smallest absolute Gasteiger partial charge is 0.112 e. The van der Waals surface area contributed by atoms with Crippen LogP contribution in [-0.2, 0) is 17.8 Å². The van der Waals surface area contributed by atoms with E-state index in [9.17, 15) is 0 Å².